The van der Waals surface area contributed by atoms with Crippen LogP contribution in [-0.2, 0) is 10.2 Å². The highest BCUT2D eigenvalue weighted by atomic mass is 16.3. The zero-order valence-corrected chi connectivity index (χ0v) is 12.3. The Balaban J connectivity index is 2.21. The number of rotatable bonds is 5. The first kappa shape index (κ1) is 14.9. The second kappa shape index (κ2) is 5.83. The van der Waals surface area contributed by atoms with Crippen LogP contribution >= 0.6 is 0 Å². The molecule has 0 radical (unpaired) electrons. The highest BCUT2D eigenvalue weighted by Crippen LogP contribution is 2.31. The van der Waals surface area contributed by atoms with E-state index in [0.29, 0.717) is 18.3 Å². The number of benzene rings is 1. The van der Waals surface area contributed by atoms with Crippen LogP contribution in [0.5, 0.6) is 0 Å². The molecule has 1 aliphatic carbocycles. The van der Waals surface area contributed by atoms with Crippen molar-refractivity contribution in [1.82, 2.24) is 4.90 Å². The lowest BCUT2D eigenvalue weighted by molar-refractivity contribution is -0.141. The summed E-state index contributed by atoms with van der Waals surface area (Å²) in [5.74, 6) is 0.0843. The predicted octanol–water partition coefficient (Wildman–Crippen LogP) is 1.92. The molecule has 0 atom stereocenters. The normalized spacial score (nSPS) is 15.8. The molecule has 0 unspecified atom stereocenters. The molecule has 0 aliphatic heterocycles. The molecule has 0 spiro atoms. The first-order chi connectivity index (χ1) is 9.46. The maximum absolute atomic E-state index is 12.9. The van der Waals surface area contributed by atoms with Gasteiger partial charge in [0.1, 0.15) is 0 Å². The Hall–Kier alpha value is -1.55. The molecule has 1 aliphatic rings. The molecule has 3 N–H and O–H groups in total. The topological polar surface area (TPSA) is 66.6 Å². The quantitative estimate of drug-likeness (QED) is 0.807. The zero-order chi connectivity index (χ0) is 14.8. The Kier molecular flexibility index (Phi) is 4.33. The van der Waals surface area contributed by atoms with Crippen LogP contribution in [0, 0.1) is 0 Å². The largest absolute Gasteiger partial charge is 0.399 e. The van der Waals surface area contributed by atoms with Crippen molar-refractivity contribution in [3.05, 3.63) is 29.8 Å². The van der Waals surface area contributed by atoms with Crippen LogP contribution in [0.3, 0.4) is 0 Å². The van der Waals surface area contributed by atoms with Gasteiger partial charge in [-0.05, 0) is 50.8 Å². The fraction of sp³-hybridized carbons (Fsp3) is 0.562. The highest BCUT2D eigenvalue weighted by Gasteiger charge is 2.38. The van der Waals surface area contributed by atoms with E-state index < -0.39 is 5.41 Å². The van der Waals surface area contributed by atoms with E-state index in [0.717, 1.165) is 18.4 Å². The van der Waals surface area contributed by atoms with Crippen LogP contribution in [0.2, 0.25) is 0 Å². The number of aliphatic hydroxyl groups excluding tert-OH is 1. The Morgan fingerprint density at radius 3 is 2.40 bits per heavy atom. The van der Waals surface area contributed by atoms with Crippen LogP contribution in [0.15, 0.2) is 24.3 Å². The summed E-state index contributed by atoms with van der Waals surface area (Å²) in [6, 6.07) is 7.76. The SMILES string of the molecule is CC(C)(C(=O)N(CCO)C1CCC1)c1ccc(N)cc1. The Morgan fingerprint density at radius 1 is 1.35 bits per heavy atom. The van der Waals surface area contributed by atoms with Gasteiger partial charge in [-0.25, -0.2) is 0 Å². The molecule has 1 aromatic rings. The molecule has 0 bridgehead atoms. The van der Waals surface area contributed by atoms with Crippen molar-refractivity contribution >= 4 is 11.6 Å². The lowest BCUT2D eigenvalue weighted by Gasteiger charge is -2.41. The number of nitrogens with two attached hydrogens (primary N) is 1. The summed E-state index contributed by atoms with van der Waals surface area (Å²) >= 11 is 0. The van der Waals surface area contributed by atoms with Crippen LogP contribution in [0.4, 0.5) is 5.69 Å². The van der Waals surface area contributed by atoms with Gasteiger partial charge in [0.15, 0.2) is 0 Å². The van der Waals surface area contributed by atoms with Gasteiger partial charge in [0, 0.05) is 18.3 Å². The van der Waals surface area contributed by atoms with E-state index in [1.54, 1.807) is 0 Å². The van der Waals surface area contributed by atoms with Crippen molar-refractivity contribution in [2.45, 2.75) is 44.6 Å². The molecule has 110 valence electrons. The number of nitrogens with zero attached hydrogens (tertiary/aromatic N) is 1. The molecule has 0 aromatic heterocycles. The second-order valence-corrected chi connectivity index (χ2v) is 6.05. The van der Waals surface area contributed by atoms with Gasteiger partial charge in [-0.1, -0.05) is 12.1 Å². The minimum absolute atomic E-state index is 0.0139. The van der Waals surface area contributed by atoms with Gasteiger partial charge in [0.25, 0.3) is 0 Å². The van der Waals surface area contributed by atoms with Gasteiger partial charge in [0.2, 0.25) is 5.91 Å². The summed E-state index contributed by atoms with van der Waals surface area (Å²) in [6.45, 7) is 4.30. The van der Waals surface area contributed by atoms with Crippen molar-refractivity contribution in [3.63, 3.8) is 0 Å². The molecular formula is C16H24N2O2. The first-order valence-corrected chi connectivity index (χ1v) is 7.24. The number of carbonyl (C=O) groups is 1. The lowest BCUT2D eigenvalue weighted by atomic mass is 9.81. The highest BCUT2D eigenvalue weighted by molar-refractivity contribution is 5.87. The summed E-state index contributed by atoms with van der Waals surface area (Å²) in [5, 5.41) is 9.22. The Labute approximate surface area is 120 Å². The minimum atomic E-state index is -0.599. The second-order valence-electron chi connectivity index (χ2n) is 6.05. The van der Waals surface area contributed by atoms with Gasteiger partial charge < -0.3 is 15.7 Å². The number of amides is 1. The van der Waals surface area contributed by atoms with Gasteiger partial charge in [-0.15, -0.1) is 0 Å². The third-order valence-corrected chi connectivity index (χ3v) is 4.28. The van der Waals surface area contributed by atoms with E-state index >= 15 is 0 Å². The number of aliphatic hydroxyl groups is 1. The van der Waals surface area contributed by atoms with E-state index in [4.69, 9.17) is 5.73 Å². The lowest BCUT2D eigenvalue weighted by Crippen LogP contribution is -2.52. The van der Waals surface area contributed by atoms with Crippen molar-refractivity contribution in [2.75, 3.05) is 18.9 Å². The smallest absolute Gasteiger partial charge is 0.232 e. The molecular weight excluding hydrogens is 252 g/mol. The van der Waals surface area contributed by atoms with Crippen LogP contribution in [-0.4, -0.2) is 35.1 Å². The number of carbonyl (C=O) groups excluding carboxylic acids is 1. The fourth-order valence-electron chi connectivity index (χ4n) is 2.64. The first-order valence-electron chi connectivity index (χ1n) is 7.24. The number of anilines is 1. The van der Waals surface area contributed by atoms with E-state index in [9.17, 15) is 9.90 Å². The maximum atomic E-state index is 12.9. The van der Waals surface area contributed by atoms with Crippen molar-refractivity contribution in [3.8, 4) is 0 Å². The van der Waals surface area contributed by atoms with Crippen LogP contribution < -0.4 is 5.73 Å². The number of hydrogen-bond donors (Lipinski definition) is 2. The van der Waals surface area contributed by atoms with E-state index in [2.05, 4.69) is 0 Å². The Bertz CT molecular complexity index is 464. The molecule has 1 amide bonds. The maximum Gasteiger partial charge on any atom is 0.232 e. The zero-order valence-electron chi connectivity index (χ0n) is 12.3. The van der Waals surface area contributed by atoms with E-state index in [1.165, 1.54) is 6.42 Å². The monoisotopic (exact) mass is 276 g/mol. The van der Waals surface area contributed by atoms with Gasteiger partial charge in [-0.3, -0.25) is 4.79 Å². The standard InChI is InChI=1S/C16H24N2O2/c1-16(2,12-6-8-13(17)9-7-12)15(20)18(10-11-19)14-4-3-5-14/h6-9,14,19H,3-5,10-11,17H2,1-2H3. The summed E-state index contributed by atoms with van der Waals surface area (Å²) in [5.41, 5.74) is 6.76. The van der Waals surface area contributed by atoms with Crippen molar-refractivity contribution in [2.24, 2.45) is 0 Å². The van der Waals surface area contributed by atoms with Gasteiger partial charge in [-0.2, -0.15) is 0 Å². The molecule has 1 aromatic carbocycles. The molecule has 1 fully saturated rings. The van der Waals surface area contributed by atoms with Crippen molar-refractivity contribution in [1.29, 1.82) is 0 Å². The van der Waals surface area contributed by atoms with Gasteiger partial charge >= 0.3 is 0 Å². The number of hydrogen-bond acceptors (Lipinski definition) is 3. The average Bonchev–Trinajstić information content (AvgIpc) is 2.35. The fourth-order valence-corrected chi connectivity index (χ4v) is 2.64. The molecule has 2 rings (SSSR count). The minimum Gasteiger partial charge on any atom is -0.399 e. The molecule has 0 saturated heterocycles. The predicted molar refractivity (Wildman–Crippen MR) is 80.3 cm³/mol. The molecule has 4 heteroatoms. The summed E-state index contributed by atoms with van der Waals surface area (Å²) in [7, 11) is 0. The average molecular weight is 276 g/mol. The van der Waals surface area contributed by atoms with E-state index in [-0.39, 0.29) is 12.5 Å². The molecule has 0 heterocycles. The van der Waals surface area contributed by atoms with E-state index in [1.807, 2.05) is 43.0 Å². The summed E-state index contributed by atoms with van der Waals surface area (Å²) < 4.78 is 0. The summed E-state index contributed by atoms with van der Waals surface area (Å²) in [6.07, 6.45) is 3.26. The van der Waals surface area contributed by atoms with Crippen molar-refractivity contribution < 1.29 is 9.90 Å². The van der Waals surface area contributed by atoms with Crippen LogP contribution in [0.25, 0.3) is 0 Å². The summed E-state index contributed by atoms with van der Waals surface area (Å²) in [4.78, 5) is 14.7. The Morgan fingerprint density at radius 2 is 1.95 bits per heavy atom. The van der Waals surface area contributed by atoms with Crippen LogP contribution in [0.1, 0.15) is 38.7 Å². The molecule has 20 heavy (non-hydrogen) atoms. The molecule has 1 saturated carbocycles. The third kappa shape index (κ3) is 2.80. The van der Waals surface area contributed by atoms with Gasteiger partial charge in [0.05, 0.1) is 12.0 Å². The molecule has 4 nitrogen and oxygen atoms in total. The third-order valence-electron chi connectivity index (χ3n) is 4.28. The number of nitrogen functional groups attached to an aromatic ring is 1.